The van der Waals surface area contributed by atoms with Crippen LogP contribution in [0.5, 0.6) is 5.75 Å². The Bertz CT molecular complexity index is 1510. The number of aliphatic hydroxyl groups is 1. The van der Waals surface area contributed by atoms with Gasteiger partial charge in [-0.15, -0.1) is 0 Å². The van der Waals surface area contributed by atoms with Crippen LogP contribution in [0.15, 0.2) is 65.8 Å². The molecule has 44 heavy (non-hydrogen) atoms. The van der Waals surface area contributed by atoms with Gasteiger partial charge in [-0.2, -0.15) is 22.0 Å². The number of nitrogens with zero attached hydrogens (tertiary/aromatic N) is 3. The van der Waals surface area contributed by atoms with Crippen LogP contribution in [0.3, 0.4) is 0 Å². The second-order valence-electron chi connectivity index (χ2n) is 9.83. The molecule has 1 aliphatic heterocycles. The van der Waals surface area contributed by atoms with E-state index >= 15 is 0 Å². The van der Waals surface area contributed by atoms with E-state index in [9.17, 15) is 40.3 Å². The van der Waals surface area contributed by atoms with Crippen molar-refractivity contribution in [2.24, 2.45) is 0 Å². The maximum Gasteiger partial charge on any atom is 0.416 e. The Balaban J connectivity index is 1.44. The third kappa shape index (κ3) is 8.18. The lowest BCUT2D eigenvalue weighted by molar-refractivity contribution is -0.137. The number of alkyl halides is 5. The molecule has 16 heteroatoms. The smallest absolute Gasteiger partial charge is 0.416 e. The summed E-state index contributed by atoms with van der Waals surface area (Å²) in [5.41, 5.74) is -0.496. The van der Waals surface area contributed by atoms with Crippen molar-refractivity contribution in [3.63, 3.8) is 0 Å². The predicted molar refractivity (Wildman–Crippen MR) is 147 cm³/mol. The zero-order valence-electron chi connectivity index (χ0n) is 23.2. The lowest BCUT2D eigenvalue weighted by Gasteiger charge is -2.25. The number of pyridine rings is 2. The minimum Gasteiger partial charge on any atom is -0.489 e. The summed E-state index contributed by atoms with van der Waals surface area (Å²) < 4.78 is 98.6. The van der Waals surface area contributed by atoms with E-state index in [2.05, 4.69) is 20.0 Å². The number of hydrogen-bond donors (Lipinski definition) is 2. The number of carbonyl (C=O) groups excluding carboxylic acids is 1. The monoisotopic (exact) mass is 644 g/mol. The molecule has 2 aromatic heterocycles. The van der Waals surface area contributed by atoms with Crippen LogP contribution >= 0.6 is 0 Å². The number of aromatic nitrogens is 2. The third-order valence-electron chi connectivity index (χ3n) is 6.92. The molecule has 1 amide bonds. The van der Waals surface area contributed by atoms with E-state index in [1.54, 1.807) is 4.90 Å². The molecule has 0 saturated carbocycles. The Morgan fingerprint density at radius 1 is 1.09 bits per heavy atom. The van der Waals surface area contributed by atoms with Gasteiger partial charge in [-0.25, -0.2) is 13.4 Å². The average molecular weight is 645 g/mol. The van der Waals surface area contributed by atoms with E-state index in [-0.39, 0.29) is 47.2 Å². The molecule has 238 valence electrons. The molecule has 0 radical (unpaired) electrons. The predicted octanol–water partition coefficient (Wildman–Crippen LogP) is 4.02. The van der Waals surface area contributed by atoms with Crippen molar-refractivity contribution >= 4 is 21.6 Å². The summed E-state index contributed by atoms with van der Waals surface area (Å²) in [4.78, 5) is 22.9. The van der Waals surface area contributed by atoms with Gasteiger partial charge in [-0.1, -0.05) is 6.92 Å². The number of benzene rings is 1. The van der Waals surface area contributed by atoms with Crippen LogP contribution in [-0.4, -0.2) is 73.7 Å². The standard InChI is InChI=1S/C28H29F5N4O6S/c1-2-44(40,41)22-8-9-23(34-13-22)24(15-38)36-26(39)17-3-10-25(35-12-17)37-14-21(11-19(37)16-42-27(29)30)43-20-6-4-18(5-7-20)28(31,32)33/h3-10,12-13,19,21,24,27,38H,2,11,14-16H2,1H3,(H,36,39)/t19-,21?,24-/m0/s1. The summed E-state index contributed by atoms with van der Waals surface area (Å²) in [6.45, 7) is -2.27. The van der Waals surface area contributed by atoms with Crippen molar-refractivity contribution in [1.29, 1.82) is 0 Å². The third-order valence-corrected chi connectivity index (χ3v) is 8.64. The molecule has 0 spiro atoms. The first-order valence-corrected chi connectivity index (χ1v) is 15.0. The van der Waals surface area contributed by atoms with Crippen LogP contribution < -0.4 is 15.0 Å². The van der Waals surface area contributed by atoms with E-state index in [0.29, 0.717) is 5.82 Å². The lowest BCUT2D eigenvalue weighted by Crippen LogP contribution is -2.35. The van der Waals surface area contributed by atoms with Crippen molar-refractivity contribution in [3.05, 3.63) is 77.7 Å². The summed E-state index contributed by atoms with van der Waals surface area (Å²) in [6, 6.07) is 8.22. The largest absolute Gasteiger partial charge is 0.489 e. The van der Waals surface area contributed by atoms with Crippen molar-refractivity contribution < 1.29 is 49.7 Å². The van der Waals surface area contributed by atoms with Gasteiger partial charge in [0.15, 0.2) is 9.84 Å². The molecule has 1 unspecified atom stereocenters. The van der Waals surface area contributed by atoms with Gasteiger partial charge in [-0.3, -0.25) is 9.78 Å². The Kier molecular flexibility index (Phi) is 10.4. The number of amides is 1. The van der Waals surface area contributed by atoms with E-state index in [1.165, 1.54) is 49.5 Å². The fourth-order valence-electron chi connectivity index (χ4n) is 4.59. The van der Waals surface area contributed by atoms with Crippen LogP contribution in [0.2, 0.25) is 0 Å². The second-order valence-corrected chi connectivity index (χ2v) is 12.1. The van der Waals surface area contributed by atoms with Crippen LogP contribution in [0, 0.1) is 0 Å². The highest BCUT2D eigenvalue weighted by Gasteiger charge is 2.36. The normalized spacial score (nSPS) is 18.0. The first-order chi connectivity index (χ1) is 20.8. The Hall–Kier alpha value is -3.89. The molecule has 1 aliphatic rings. The van der Waals surface area contributed by atoms with Crippen LogP contribution in [0.25, 0.3) is 0 Å². The van der Waals surface area contributed by atoms with E-state index in [0.717, 1.165) is 18.3 Å². The maximum atomic E-state index is 12.9. The molecule has 4 rings (SSSR count). The SMILES string of the molecule is CCS(=O)(=O)c1ccc([C@H](CO)NC(=O)c2ccc(N3CC(Oc4ccc(C(F)(F)F)cc4)C[C@H]3COC(F)F)nc2)nc1. The number of carbonyl (C=O) groups is 1. The molecule has 0 bridgehead atoms. The fraction of sp³-hybridized carbons (Fsp3) is 0.393. The molecule has 1 saturated heterocycles. The van der Waals surface area contributed by atoms with Gasteiger partial charge in [0, 0.05) is 18.8 Å². The van der Waals surface area contributed by atoms with Gasteiger partial charge < -0.3 is 24.8 Å². The van der Waals surface area contributed by atoms with E-state index < -0.39 is 58.9 Å². The number of sulfone groups is 1. The van der Waals surface area contributed by atoms with E-state index in [1.807, 2.05) is 0 Å². The minimum absolute atomic E-state index is 0.0118. The molecular weight excluding hydrogens is 615 g/mol. The zero-order valence-corrected chi connectivity index (χ0v) is 24.1. The zero-order chi connectivity index (χ0) is 32.1. The molecule has 0 aliphatic carbocycles. The number of hydrogen-bond acceptors (Lipinski definition) is 9. The molecule has 2 N–H and O–H groups in total. The average Bonchev–Trinajstić information content (AvgIpc) is 3.41. The molecule has 3 aromatic rings. The minimum atomic E-state index is -4.50. The van der Waals surface area contributed by atoms with Gasteiger partial charge in [0.25, 0.3) is 5.91 Å². The van der Waals surface area contributed by atoms with Crippen molar-refractivity contribution in [2.75, 3.05) is 30.4 Å². The number of rotatable bonds is 12. The number of ether oxygens (including phenoxy) is 2. The van der Waals surface area contributed by atoms with Gasteiger partial charge in [0.2, 0.25) is 0 Å². The summed E-state index contributed by atoms with van der Waals surface area (Å²) >= 11 is 0. The number of anilines is 1. The van der Waals surface area contributed by atoms with Gasteiger partial charge >= 0.3 is 12.8 Å². The highest BCUT2D eigenvalue weighted by molar-refractivity contribution is 7.91. The van der Waals surface area contributed by atoms with Crippen molar-refractivity contribution in [1.82, 2.24) is 15.3 Å². The number of nitrogens with one attached hydrogen (secondary N) is 1. The molecule has 3 heterocycles. The summed E-state index contributed by atoms with van der Waals surface area (Å²) in [7, 11) is -3.48. The fourth-order valence-corrected chi connectivity index (χ4v) is 5.41. The van der Waals surface area contributed by atoms with Gasteiger partial charge in [0.1, 0.15) is 17.7 Å². The first-order valence-electron chi connectivity index (χ1n) is 13.4. The van der Waals surface area contributed by atoms with Crippen molar-refractivity contribution in [3.8, 4) is 5.75 Å². The van der Waals surface area contributed by atoms with Crippen molar-refractivity contribution in [2.45, 2.75) is 49.2 Å². The summed E-state index contributed by atoms with van der Waals surface area (Å²) in [5.74, 6) is -0.233. The quantitative estimate of drug-likeness (QED) is 0.281. The topological polar surface area (TPSA) is 131 Å². The summed E-state index contributed by atoms with van der Waals surface area (Å²) in [5, 5.41) is 12.4. The lowest BCUT2D eigenvalue weighted by atomic mass is 10.1. The first kappa shape index (κ1) is 33.0. The second kappa shape index (κ2) is 13.8. The van der Waals surface area contributed by atoms with E-state index in [4.69, 9.17) is 4.74 Å². The molecule has 10 nitrogen and oxygen atoms in total. The molecular formula is C28H29F5N4O6S. The Morgan fingerprint density at radius 2 is 1.82 bits per heavy atom. The number of aliphatic hydroxyl groups excluding tert-OH is 1. The van der Waals surface area contributed by atoms with Crippen LogP contribution in [-0.2, 0) is 20.8 Å². The maximum absolute atomic E-state index is 12.9. The molecule has 1 fully saturated rings. The highest BCUT2D eigenvalue weighted by atomic mass is 32.2. The van der Waals surface area contributed by atoms with Crippen LogP contribution in [0.1, 0.15) is 41.0 Å². The summed E-state index contributed by atoms with van der Waals surface area (Å²) in [6.07, 6.45) is -2.48. The molecule has 1 aromatic carbocycles. The number of halogens is 5. The Labute approximate surface area is 249 Å². The molecule has 3 atom stereocenters. The van der Waals surface area contributed by atoms with Gasteiger partial charge in [-0.05, 0) is 48.5 Å². The highest BCUT2D eigenvalue weighted by Crippen LogP contribution is 2.32. The Morgan fingerprint density at radius 3 is 2.36 bits per heavy atom. The van der Waals surface area contributed by atoms with Crippen LogP contribution in [0.4, 0.5) is 27.8 Å². The van der Waals surface area contributed by atoms with Gasteiger partial charge in [0.05, 0.1) is 59.3 Å².